The van der Waals surface area contributed by atoms with Gasteiger partial charge in [0, 0.05) is 25.6 Å². The highest BCUT2D eigenvalue weighted by atomic mass is 16.5. The number of carbonyl (C=O) groups excluding carboxylic acids is 1. The Morgan fingerprint density at radius 1 is 1.36 bits per heavy atom. The molecule has 0 radical (unpaired) electrons. The minimum absolute atomic E-state index is 0.112. The van der Waals surface area contributed by atoms with E-state index in [2.05, 4.69) is 73.9 Å². The van der Waals surface area contributed by atoms with Crippen molar-refractivity contribution in [1.82, 2.24) is 14.9 Å². The van der Waals surface area contributed by atoms with Gasteiger partial charge in [0.2, 0.25) is 5.78 Å². The molecule has 0 spiro atoms. The maximum atomic E-state index is 12.9. The first-order chi connectivity index (χ1) is 15.6. The van der Waals surface area contributed by atoms with Gasteiger partial charge in [-0.25, -0.2) is 4.98 Å². The lowest BCUT2D eigenvalue weighted by Gasteiger charge is -2.37. The number of likely N-dealkylation sites (N-methyl/N-ethyl adjacent to an activating group) is 1. The third kappa shape index (κ3) is 5.79. The molecule has 1 heterocycles. The number of ether oxygens (including phenoxy) is 1. The van der Waals surface area contributed by atoms with Crippen molar-refractivity contribution < 1.29 is 9.53 Å². The number of nitrogens with one attached hydrogen (secondary N) is 1. The highest BCUT2D eigenvalue weighted by Crippen LogP contribution is 2.40. The minimum Gasteiger partial charge on any atom is -0.383 e. The standard InChI is InChI=1S/C27H36N4O2/c1-26(2)11-9-19(10-12-26)23-16-21(27(3,4)31(5)13-14-33-6)8-7-20(23)15-24(32)25-29-18-22(17-28)30-25/h7-9,16,18H,10-15H2,1-6H3,(H,29,30). The number of H-pyrrole nitrogens is 1. The zero-order chi connectivity index (χ0) is 24.2. The monoisotopic (exact) mass is 448 g/mol. The van der Waals surface area contributed by atoms with Crippen molar-refractivity contribution in [3.63, 3.8) is 0 Å². The Hall–Kier alpha value is -2.75. The van der Waals surface area contributed by atoms with E-state index < -0.39 is 0 Å². The summed E-state index contributed by atoms with van der Waals surface area (Å²) in [7, 11) is 3.84. The number of benzene rings is 1. The molecular formula is C27H36N4O2. The van der Waals surface area contributed by atoms with Gasteiger partial charge in [0.25, 0.3) is 0 Å². The second kappa shape index (κ2) is 10.0. The molecule has 1 aromatic carbocycles. The molecule has 1 N–H and O–H groups in total. The zero-order valence-electron chi connectivity index (χ0n) is 20.8. The molecule has 0 unspecified atom stereocenters. The van der Waals surface area contributed by atoms with Crippen LogP contribution in [-0.4, -0.2) is 48.0 Å². The number of carbonyl (C=O) groups is 1. The van der Waals surface area contributed by atoms with Crippen molar-refractivity contribution in [2.45, 2.75) is 58.9 Å². The molecule has 0 aliphatic heterocycles. The predicted molar refractivity (Wildman–Crippen MR) is 131 cm³/mol. The van der Waals surface area contributed by atoms with Crippen LogP contribution < -0.4 is 0 Å². The van der Waals surface area contributed by atoms with Crippen molar-refractivity contribution in [2.75, 3.05) is 27.3 Å². The Morgan fingerprint density at radius 2 is 2.12 bits per heavy atom. The summed E-state index contributed by atoms with van der Waals surface area (Å²) in [6, 6.07) is 8.47. The highest BCUT2D eigenvalue weighted by molar-refractivity contribution is 5.95. The topological polar surface area (TPSA) is 82.0 Å². The van der Waals surface area contributed by atoms with Crippen LogP contribution in [0.25, 0.3) is 5.57 Å². The number of hydrogen-bond acceptors (Lipinski definition) is 5. The third-order valence-electron chi connectivity index (χ3n) is 7.03. The second-order valence-corrected chi connectivity index (χ2v) is 10.3. The molecule has 1 aliphatic rings. The molecule has 0 amide bonds. The normalized spacial score (nSPS) is 15.9. The van der Waals surface area contributed by atoms with Gasteiger partial charge in [-0.1, -0.05) is 32.1 Å². The van der Waals surface area contributed by atoms with Crippen molar-refractivity contribution in [2.24, 2.45) is 5.41 Å². The minimum atomic E-state index is -0.187. The van der Waals surface area contributed by atoms with E-state index in [1.807, 2.05) is 6.07 Å². The molecule has 176 valence electrons. The maximum absolute atomic E-state index is 12.9. The number of Topliss-reactive ketones (excluding diaryl/α,β-unsaturated/α-hetero) is 1. The molecule has 6 heteroatoms. The number of aromatic amines is 1. The number of ketones is 1. The van der Waals surface area contributed by atoms with Crippen LogP contribution in [0.2, 0.25) is 0 Å². The van der Waals surface area contributed by atoms with Crippen LogP contribution in [0.3, 0.4) is 0 Å². The number of allylic oxidation sites excluding steroid dienone is 2. The Morgan fingerprint density at radius 3 is 2.73 bits per heavy atom. The average Bonchev–Trinajstić information content (AvgIpc) is 3.27. The number of rotatable bonds is 9. The lowest BCUT2D eigenvalue weighted by molar-refractivity contribution is 0.0982. The van der Waals surface area contributed by atoms with E-state index in [1.54, 1.807) is 7.11 Å². The van der Waals surface area contributed by atoms with Crippen LogP contribution in [0.5, 0.6) is 0 Å². The molecule has 1 aromatic heterocycles. The van der Waals surface area contributed by atoms with E-state index in [1.165, 1.54) is 17.3 Å². The fraction of sp³-hybridized carbons (Fsp3) is 0.519. The molecule has 2 aromatic rings. The number of imidazole rings is 1. The molecule has 0 bridgehead atoms. The van der Waals surface area contributed by atoms with Crippen molar-refractivity contribution in [3.05, 3.63) is 58.7 Å². The first-order valence-electron chi connectivity index (χ1n) is 11.6. The molecule has 6 nitrogen and oxygen atoms in total. The number of nitriles is 1. The van der Waals surface area contributed by atoms with E-state index in [0.29, 0.717) is 17.7 Å². The molecule has 0 saturated carbocycles. The Balaban J connectivity index is 1.98. The fourth-order valence-corrected chi connectivity index (χ4v) is 4.24. The summed E-state index contributed by atoms with van der Waals surface area (Å²) in [4.78, 5) is 22.1. The first-order valence-corrected chi connectivity index (χ1v) is 11.6. The SMILES string of the molecule is COCCN(C)C(C)(C)c1ccc(CC(=O)c2ncc(C#N)[nH]2)c(C2=CCC(C)(C)CC2)c1. The van der Waals surface area contributed by atoms with Crippen LogP contribution in [-0.2, 0) is 16.7 Å². The molecule has 0 atom stereocenters. The summed E-state index contributed by atoms with van der Waals surface area (Å²) in [5.74, 6) is 0.124. The summed E-state index contributed by atoms with van der Waals surface area (Å²) in [5.41, 5.74) is 5.09. The van der Waals surface area contributed by atoms with Gasteiger partial charge in [0.05, 0.1) is 12.8 Å². The molecule has 3 rings (SSSR count). The average molecular weight is 449 g/mol. The molecule has 0 saturated heterocycles. The highest BCUT2D eigenvalue weighted by Gasteiger charge is 2.28. The Labute approximate surface area is 197 Å². The van der Waals surface area contributed by atoms with E-state index >= 15 is 0 Å². The third-order valence-corrected chi connectivity index (χ3v) is 7.03. The smallest absolute Gasteiger partial charge is 0.202 e. The van der Waals surface area contributed by atoms with Crippen LogP contribution >= 0.6 is 0 Å². The van der Waals surface area contributed by atoms with E-state index in [0.717, 1.165) is 36.9 Å². The van der Waals surface area contributed by atoms with Gasteiger partial charge in [-0.3, -0.25) is 9.69 Å². The summed E-state index contributed by atoms with van der Waals surface area (Å²) in [6.45, 7) is 10.6. The lowest BCUT2D eigenvalue weighted by atomic mass is 9.75. The quantitative estimate of drug-likeness (QED) is 0.539. The van der Waals surface area contributed by atoms with E-state index in [4.69, 9.17) is 10.00 Å². The summed E-state index contributed by atoms with van der Waals surface area (Å²) in [5, 5.41) is 9.03. The molecule has 1 aliphatic carbocycles. The van der Waals surface area contributed by atoms with Gasteiger partial charge < -0.3 is 9.72 Å². The van der Waals surface area contributed by atoms with Gasteiger partial charge in [-0.15, -0.1) is 0 Å². The van der Waals surface area contributed by atoms with Gasteiger partial charge in [0.1, 0.15) is 11.8 Å². The van der Waals surface area contributed by atoms with E-state index in [9.17, 15) is 4.79 Å². The van der Waals surface area contributed by atoms with Crippen LogP contribution in [0.4, 0.5) is 0 Å². The summed E-state index contributed by atoms with van der Waals surface area (Å²) in [6.07, 6.45) is 7.14. The van der Waals surface area contributed by atoms with E-state index in [-0.39, 0.29) is 23.6 Å². The van der Waals surface area contributed by atoms with Crippen LogP contribution in [0.1, 0.15) is 80.0 Å². The van der Waals surface area contributed by atoms with Crippen molar-refractivity contribution >= 4 is 11.4 Å². The van der Waals surface area contributed by atoms with Crippen molar-refractivity contribution in [1.29, 1.82) is 5.26 Å². The van der Waals surface area contributed by atoms with Gasteiger partial charge >= 0.3 is 0 Å². The number of methoxy groups -OCH3 is 1. The largest absolute Gasteiger partial charge is 0.383 e. The van der Waals surface area contributed by atoms with Gasteiger partial charge in [-0.2, -0.15) is 5.26 Å². The maximum Gasteiger partial charge on any atom is 0.202 e. The number of aromatic nitrogens is 2. The fourth-order valence-electron chi connectivity index (χ4n) is 4.24. The van der Waals surface area contributed by atoms with Crippen molar-refractivity contribution in [3.8, 4) is 6.07 Å². The number of hydrogen-bond donors (Lipinski definition) is 1. The summed E-state index contributed by atoms with van der Waals surface area (Å²) < 4.78 is 5.28. The van der Waals surface area contributed by atoms with Crippen LogP contribution in [0, 0.1) is 16.7 Å². The molecule has 0 fully saturated rings. The Kier molecular flexibility index (Phi) is 7.56. The first kappa shape index (κ1) is 24.9. The van der Waals surface area contributed by atoms with Gasteiger partial charge in [0.15, 0.2) is 5.82 Å². The predicted octanol–water partition coefficient (Wildman–Crippen LogP) is 5.11. The van der Waals surface area contributed by atoms with Gasteiger partial charge in [-0.05, 0) is 73.9 Å². The molecular weight excluding hydrogens is 412 g/mol. The van der Waals surface area contributed by atoms with Crippen LogP contribution in [0.15, 0.2) is 30.5 Å². The lowest BCUT2D eigenvalue weighted by Crippen LogP contribution is -2.40. The second-order valence-electron chi connectivity index (χ2n) is 10.3. The molecule has 33 heavy (non-hydrogen) atoms. The zero-order valence-corrected chi connectivity index (χ0v) is 20.8. The summed E-state index contributed by atoms with van der Waals surface area (Å²) >= 11 is 0. The number of nitrogens with zero attached hydrogens (tertiary/aromatic N) is 3. The Bertz CT molecular complexity index is 1070.